The van der Waals surface area contributed by atoms with Crippen LogP contribution in [0.4, 0.5) is 0 Å². The average molecular weight is 287 g/mol. The van der Waals surface area contributed by atoms with E-state index in [9.17, 15) is 9.59 Å². The van der Waals surface area contributed by atoms with Crippen LogP contribution in [-0.2, 0) is 11.2 Å². The Balaban J connectivity index is 0.00000162. The number of aliphatic carboxylic acids is 1. The molecule has 0 unspecified atom stereocenters. The molecule has 0 aliphatic heterocycles. The molecule has 6 nitrogen and oxygen atoms in total. The van der Waals surface area contributed by atoms with Gasteiger partial charge in [0.2, 0.25) is 5.56 Å². The molecular formula is C12H15ClN2O4. The van der Waals surface area contributed by atoms with E-state index in [0.29, 0.717) is 11.1 Å². The number of pyridine rings is 1. The molecule has 0 amide bonds. The molecule has 7 heteroatoms. The zero-order valence-electron chi connectivity index (χ0n) is 9.92. The summed E-state index contributed by atoms with van der Waals surface area (Å²) in [6.45, 7) is 0. The van der Waals surface area contributed by atoms with Crippen LogP contribution in [-0.4, -0.2) is 27.6 Å². The molecule has 1 aromatic heterocycles. The second kappa shape index (κ2) is 6.89. The van der Waals surface area contributed by atoms with E-state index in [1.165, 1.54) is 6.07 Å². The van der Waals surface area contributed by atoms with Crippen LogP contribution in [0.5, 0.6) is 0 Å². The number of benzene rings is 1. The van der Waals surface area contributed by atoms with Gasteiger partial charge in [-0.2, -0.15) is 0 Å². The highest BCUT2D eigenvalue weighted by Gasteiger charge is 2.14. The van der Waals surface area contributed by atoms with Crippen LogP contribution in [0.25, 0.3) is 10.9 Å². The van der Waals surface area contributed by atoms with Gasteiger partial charge in [-0.1, -0.05) is 18.2 Å². The lowest BCUT2D eigenvalue weighted by Crippen LogP contribution is -2.32. The van der Waals surface area contributed by atoms with Gasteiger partial charge in [-0.3, -0.25) is 9.59 Å². The highest BCUT2D eigenvalue weighted by Crippen LogP contribution is 2.15. The number of nitrogens with one attached hydrogen (secondary N) is 1. The number of aromatic amines is 1. The predicted molar refractivity (Wildman–Crippen MR) is 74.7 cm³/mol. The molecule has 1 heterocycles. The van der Waals surface area contributed by atoms with Crippen molar-refractivity contribution >= 4 is 29.3 Å². The van der Waals surface area contributed by atoms with Crippen molar-refractivity contribution in [3.05, 3.63) is 46.2 Å². The van der Waals surface area contributed by atoms with Crippen LogP contribution >= 0.6 is 12.4 Å². The largest absolute Gasteiger partial charge is 0.480 e. The minimum Gasteiger partial charge on any atom is -0.480 e. The molecule has 0 saturated heterocycles. The van der Waals surface area contributed by atoms with E-state index in [-0.39, 0.29) is 29.9 Å². The Morgan fingerprint density at radius 2 is 2.00 bits per heavy atom. The first-order valence-corrected chi connectivity index (χ1v) is 5.17. The lowest BCUT2D eigenvalue weighted by atomic mass is 10.0. The van der Waals surface area contributed by atoms with Crippen LogP contribution in [0.1, 0.15) is 5.56 Å². The Morgan fingerprint density at radius 3 is 2.63 bits per heavy atom. The fourth-order valence-corrected chi connectivity index (χ4v) is 1.77. The zero-order valence-corrected chi connectivity index (χ0v) is 10.7. The van der Waals surface area contributed by atoms with Gasteiger partial charge in [0.15, 0.2) is 0 Å². The fourth-order valence-electron chi connectivity index (χ4n) is 1.77. The standard InChI is InChI=1S/C12H12N2O3.ClH.H2O/c13-9(12(16)17)5-7-6-11(15)14-10-4-2-1-3-8(7)10;;/h1-4,6,9H,5,13H2,(H,14,15)(H,16,17);1H;1H2/t9-;;/m0../s1. The molecule has 0 fully saturated rings. The summed E-state index contributed by atoms with van der Waals surface area (Å²) in [5, 5.41) is 9.60. The van der Waals surface area contributed by atoms with Crippen LogP contribution < -0.4 is 11.3 Å². The van der Waals surface area contributed by atoms with Gasteiger partial charge >= 0.3 is 5.97 Å². The van der Waals surface area contributed by atoms with Crippen LogP contribution in [0.15, 0.2) is 35.1 Å². The molecule has 0 saturated carbocycles. The van der Waals surface area contributed by atoms with Gasteiger partial charge in [-0.25, -0.2) is 0 Å². The summed E-state index contributed by atoms with van der Waals surface area (Å²) in [5.41, 5.74) is 6.56. The van der Waals surface area contributed by atoms with E-state index in [1.807, 2.05) is 12.1 Å². The summed E-state index contributed by atoms with van der Waals surface area (Å²) in [5.74, 6) is -1.07. The Kier molecular flexibility index (Phi) is 6.20. The van der Waals surface area contributed by atoms with E-state index in [4.69, 9.17) is 10.8 Å². The molecule has 0 spiro atoms. The molecule has 1 aromatic carbocycles. The number of halogens is 1. The maximum atomic E-state index is 11.4. The number of nitrogens with two attached hydrogens (primary N) is 1. The van der Waals surface area contributed by atoms with Crippen LogP contribution in [0.3, 0.4) is 0 Å². The number of hydrogen-bond donors (Lipinski definition) is 3. The number of hydrogen-bond acceptors (Lipinski definition) is 3. The van der Waals surface area contributed by atoms with E-state index < -0.39 is 12.0 Å². The van der Waals surface area contributed by atoms with Crippen molar-refractivity contribution in [1.82, 2.24) is 4.98 Å². The Bertz CT molecular complexity index is 626. The maximum absolute atomic E-state index is 11.4. The highest BCUT2D eigenvalue weighted by atomic mass is 35.5. The topological polar surface area (TPSA) is 128 Å². The quantitative estimate of drug-likeness (QED) is 0.738. The fraction of sp³-hybridized carbons (Fsp3) is 0.167. The van der Waals surface area contributed by atoms with Gasteiger partial charge in [0.25, 0.3) is 0 Å². The molecule has 0 bridgehead atoms. The number of carboxylic acid groups (broad SMARTS) is 1. The van der Waals surface area contributed by atoms with Gasteiger partial charge in [-0.15, -0.1) is 12.4 Å². The van der Waals surface area contributed by atoms with Crippen LogP contribution in [0.2, 0.25) is 0 Å². The van der Waals surface area contributed by atoms with Gasteiger partial charge in [0.1, 0.15) is 6.04 Å². The molecule has 1 atom stereocenters. The van der Waals surface area contributed by atoms with Gasteiger partial charge in [-0.05, 0) is 18.1 Å². The molecule has 19 heavy (non-hydrogen) atoms. The lowest BCUT2D eigenvalue weighted by molar-refractivity contribution is -0.138. The highest BCUT2D eigenvalue weighted by molar-refractivity contribution is 5.85. The third-order valence-corrected chi connectivity index (χ3v) is 2.59. The number of H-pyrrole nitrogens is 1. The van der Waals surface area contributed by atoms with Crippen LogP contribution in [0, 0.1) is 0 Å². The smallest absolute Gasteiger partial charge is 0.320 e. The van der Waals surface area contributed by atoms with Crippen molar-refractivity contribution in [1.29, 1.82) is 0 Å². The van der Waals surface area contributed by atoms with E-state index in [0.717, 1.165) is 5.39 Å². The first kappa shape index (κ1) is 17.1. The van der Waals surface area contributed by atoms with Crippen molar-refractivity contribution < 1.29 is 15.4 Å². The second-order valence-electron chi connectivity index (χ2n) is 3.85. The van der Waals surface area contributed by atoms with Crippen molar-refractivity contribution in [2.75, 3.05) is 0 Å². The molecule has 6 N–H and O–H groups in total. The van der Waals surface area contributed by atoms with E-state index >= 15 is 0 Å². The lowest BCUT2D eigenvalue weighted by Gasteiger charge is -2.09. The van der Waals surface area contributed by atoms with Crippen molar-refractivity contribution in [2.24, 2.45) is 5.73 Å². The summed E-state index contributed by atoms with van der Waals surface area (Å²) < 4.78 is 0. The monoisotopic (exact) mass is 286 g/mol. The third kappa shape index (κ3) is 3.78. The SMILES string of the molecule is Cl.N[C@@H](Cc1cc(=O)[nH]c2ccccc12)C(=O)O.O. The Labute approximate surface area is 115 Å². The number of carboxylic acids is 1. The van der Waals surface area contributed by atoms with E-state index in [2.05, 4.69) is 4.98 Å². The summed E-state index contributed by atoms with van der Waals surface area (Å²) in [6, 6.07) is 7.63. The Morgan fingerprint density at radius 1 is 1.37 bits per heavy atom. The number of para-hydroxylation sites is 1. The predicted octanol–water partition coefficient (Wildman–Crippen LogP) is 0.0796. The first-order valence-electron chi connectivity index (χ1n) is 5.17. The van der Waals surface area contributed by atoms with Crippen molar-refractivity contribution in [2.45, 2.75) is 12.5 Å². The molecule has 2 aromatic rings. The van der Waals surface area contributed by atoms with Gasteiger partial charge in [0, 0.05) is 17.0 Å². The number of rotatable bonds is 3. The molecular weight excluding hydrogens is 272 g/mol. The first-order chi connectivity index (χ1) is 8.08. The normalized spacial score (nSPS) is 11.2. The van der Waals surface area contributed by atoms with Crippen molar-refractivity contribution in [3.63, 3.8) is 0 Å². The Hall–Kier alpha value is -1.89. The maximum Gasteiger partial charge on any atom is 0.320 e. The average Bonchev–Trinajstić information content (AvgIpc) is 2.28. The molecule has 2 rings (SSSR count). The van der Waals surface area contributed by atoms with Crippen molar-refractivity contribution in [3.8, 4) is 0 Å². The second-order valence-corrected chi connectivity index (χ2v) is 3.85. The summed E-state index contributed by atoms with van der Waals surface area (Å²) >= 11 is 0. The van der Waals surface area contributed by atoms with E-state index in [1.54, 1.807) is 12.1 Å². The molecule has 0 radical (unpaired) electrons. The van der Waals surface area contributed by atoms with Gasteiger partial charge < -0.3 is 21.3 Å². The zero-order chi connectivity index (χ0) is 12.4. The molecule has 0 aliphatic carbocycles. The molecule has 104 valence electrons. The molecule has 0 aliphatic rings. The summed E-state index contributed by atoms with van der Waals surface area (Å²) in [4.78, 5) is 24.8. The minimum absolute atomic E-state index is 0. The third-order valence-electron chi connectivity index (χ3n) is 2.59. The summed E-state index contributed by atoms with van der Waals surface area (Å²) in [7, 11) is 0. The number of carbonyl (C=O) groups is 1. The number of fused-ring (bicyclic) bond motifs is 1. The number of aromatic nitrogens is 1. The minimum atomic E-state index is -1.07. The summed E-state index contributed by atoms with van der Waals surface area (Å²) in [6.07, 6.45) is 0.139. The van der Waals surface area contributed by atoms with Gasteiger partial charge in [0.05, 0.1) is 0 Å².